The number of carbonyl (C=O) groups excluding carboxylic acids is 1. The fraction of sp³-hybridized carbons (Fsp3) is 0.929. The topological polar surface area (TPSA) is 44.4 Å². The summed E-state index contributed by atoms with van der Waals surface area (Å²) in [7, 11) is 2.05. The second-order valence-electron chi connectivity index (χ2n) is 5.81. The zero-order chi connectivity index (χ0) is 13.1. The van der Waals surface area contributed by atoms with Crippen LogP contribution in [0.4, 0.5) is 0 Å². The van der Waals surface area contributed by atoms with E-state index < -0.39 is 0 Å². The molecule has 1 saturated heterocycles. The summed E-state index contributed by atoms with van der Waals surface area (Å²) in [4.78, 5) is 14.4. The highest BCUT2D eigenvalue weighted by Crippen LogP contribution is 2.23. The van der Waals surface area contributed by atoms with Crippen LogP contribution in [-0.4, -0.2) is 49.1 Å². The van der Waals surface area contributed by atoms with Crippen molar-refractivity contribution >= 4 is 5.91 Å². The predicted octanol–water partition coefficient (Wildman–Crippen LogP) is 0.973. The molecular weight excluding hydrogens is 226 g/mol. The number of nitrogens with one attached hydrogen (secondary N) is 2. The molecule has 2 rings (SSSR count). The van der Waals surface area contributed by atoms with Crippen molar-refractivity contribution in [3.63, 3.8) is 0 Å². The Kier molecular flexibility index (Phi) is 4.62. The lowest BCUT2D eigenvalue weighted by atomic mass is 9.89. The molecule has 0 radical (unpaired) electrons. The van der Waals surface area contributed by atoms with Crippen LogP contribution in [0.5, 0.6) is 0 Å². The Morgan fingerprint density at radius 2 is 2.11 bits per heavy atom. The molecule has 104 valence electrons. The molecule has 1 amide bonds. The van der Waals surface area contributed by atoms with Crippen molar-refractivity contribution in [1.82, 2.24) is 15.5 Å². The van der Waals surface area contributed by atoms with Gasteiger partial charge in [-0.3, -0.25) is 9.69 Å². The number of rotatable bonds is 5. The lowest BCUT2D eigenvalue weighted by molar-refractivity contribution is -0.126. The minimum atomic E-state index is 0.0254. The van der Waals surface area contributed by atoms with Crippen molar-refractivity contribution < 1.29 is 4.79 Å². The number of hydrogen-bond acceptors (Lipinski definition) is 3. The summed E-state index contributed by atoms with van der Waals surface area (Å²) < 4.78 is 0. The highest BCUT2D eigenvalue weighted by molar-refractivity contribution is 5.81. The average Bonchev–Trinajstić information content (AvgIpc) is 3.20. The maximum atomic E-state index is 12.1. The zero-order valence-electron chi connectivity index (χ0n) is 11.9. The first-order valence-electron chi connectivity index (χ1n) is 7.37. The van der Waals surface area contributed by atoms with Gasteiger partial charge in [0.25, 0.3) is 0 Å². The minimum absolute atomic E-state index is 0.0254. The summed E-state index contributed by atoms with van der Waals surface area (Å²) in [5.74, 6) is 0.884. The maximum Gasteiger partial charge on any atom is 0.237 e. The predicted molar refractivity (Wildman–Crippen MR) is 73.4 cm³/mol. The lowest BCUT2D eigenvalue weighted by Gasteiger charge is -2.40. The smallest absolute Gasteiger partial charge is 0.237 e. The van der Waals surface area contributed by atoms with Crippen molar-refractivity contribution in [3.05, 3.63) is 0 Å². The minimum Gasteiger partial charge on any atom is -0.352 e. The highest BCUT2D eigenvalue weighted by Gasteiger charge is 2.33. The molecule has 1 aliphatic heterocycles. The number of hydrogen-bond donors (Lipinski definition) is 2. The molecule has 1 saturated carbocycles. The van der Waals surface area contributed by atoms with Gasteiger partial charge in [0.2, 0.25) is 5.91 Å². The normalized spacial score (nSPS) is 31.1. The quantitative estimate of drug-likeness (QED) is 0.767. The van der Waals surface area contributed by atoms with Crippen LogP contribution >= 0.6 is 0 Å². The second-order valence-corrected chi connectivity index (χ2v) is 5.81. The number of carbonyl (C=O) groups is 1. The van der Waals surface area contributed by atoms with Crippen LogP contribution in [0.3, 0.4) is 0 Å². The lowest BCUT2D eigenvalue weighted by Crippen LogP contribution is -2.54. The van der Waals surface area contributed by atoms with E-state index in [0.29, 0.717) is 18.0 Å². The number of piperidine rings is 1. The van der Waals surface area contributed by atoms with E-state index in [0.717, 1.165) is 32.4 Å². The fourth-order valence-corrected chi connectivity index (χ4v) is 2.92. The molecule has 1 aliphatic carbocycles. The van der Waals surface area contributed by atoms with Crippen LogP contribution in [0.2, 0.25) is 0 Å². The van der Waals surface area contributed by atoms with E-state index in [1.54, 1.807) is 0 Å². The molecule has 1 heterocycles. The van der Waals surface area contributed by atoms with Crippen molar-refractivity contribution in [2.24, 2.45) is 5.92 Å². The first-order valence-corrected chi connectivity index (χ1v) is 7.37. The molecule has 18 heavy (non-hydrogen) atoms. The zero-order valence-corrected chi connectivity index (χ0v) is 11.9. The van der Waals surface area contributed by atoms with Gasteiger partial charge in [-0.1, -0.05) is 13.3 Å². The van der Waals surface area contributed by atoms with E-state index in [9.17, 15) is 4.79 Å². The Hall–Kier alpha value is -0.610. The number of amides is 1. The highest BCUT2D eigenvalue weighted by atomic mass is 16.2. The summed E-state index contributed by atoms with van der Waals surface area (Å²) >= 11 is 0. The molecule has 0 aromatic rings. The van der Waals surface area contributed by atoms with Crippen LogP contribution < -0.4 is 10.6 Å². The summed E-state index contributed by atoms with van der Waals surface area (Å²) in [5.41, 5.74) is 0. The largest absolute Gasteiger partial charge is 0.352 e. The van der Waals surface area contributed by atoms with Crippen LogP contribution in [-0.2, 0) is 4.79 Å². The van der Waals surface area contributed by atoms with Crippen molar-refractivity contribution in [1.29, 1.82) is 0 Å². The molecule has 2 fully saturated rings. The van der Waals surface area contributed by atoms with Gasteiger partial charge in [-0.15, -0.1) is 0 Å². The molecule has 0 bridgehead atoms. The molecule has 4 heteroatoms. The van der Waals surface area contributed by atoms with Crippen LogP contribution in [0.15, 0.2) is 0 Å². The Morgan fingerprint density at radius 3 is 2.67 bits per heavy atom. The third-order valence-electron chi connectivity index (χ3n) is 4.51. The van der Waals surface area contributed by atoms with Gasteiger partial charge in [-0.25, -0.2) is 0 Å². The molecule has 4 nitrogen and oxygen atoms in total. The fourth-order valence-electron chi connectivity index (χ4n) is 2.92. The molecule has 0 aromatic carbocycles. The van der Waals surface area contributed by atoms with E-state index in [2.05, 4.69) is 22.5 Å². The number of likely N-dealkylation sites (tertiary alicyclic amines) is 1. The molecule has 0 spiro atoms. The standard InChI is InChI=1S/C14H27N3O/c1-4-11-9-17(8-7-13(11)15-3)10(2)14(18)16-12-5-6-12/h10-13,15H,4-9H2,1-3H3,(H,16,18). The van der Waals surface area contributed by atoms with Gasteiger partial charge >= 0.3 is 0 Å². The second kappa shape index (κ2) is 6.02. The van der Waals surface area contributed by atoms with Crippen molar-refractivity contribution in [2.45, 2.75) is 57.7 Å². The van der Waals surface area contributed by atoms with E-state index in [4.69, 9.17) is 0 Å². The van der Waals surface area contributed by atoms with Gasteiger partial charge < -0.3 is 10.6 Å². The molecule has 3 atom stereocenters. The van der Waals surface area contributed by atoms with Crippen LogP contribution in [0.25, 0.3) is 0 Å². The summed E-state index contributed by atoms with van der Waals surface area (Å²) in [6.45, 7) is 6.36. The molecular formula is C14H27N3O. The Morgan fingerprint density at radius 1 is 1.39 bits per heavy atom. The number of nitrogens with zero attached hydrogens (tertiary/aromatic N) is 1. The van der Waals surface area contributed by atoms with E-state index in [1.165, 1.54) is 6.42 Å². The first kappa shape index (κ1) is 13.8. The first-order chi connectivity index (χ1) is 8.65. The van der Waals surface area contributed by atoms with Crippen molar-refractivity contribution in [3.8, 4) is 0 Å². The molecule has 3 unspecified atom stereocenters. The Balaban J connectivity index is 1.86. The van der Waals surface area contributed by atoms with E-state index in [1.807, 2.05) is 14.0 Å². The van der Waals surface area contributed by atoms with Gasteiger partial charge in [0.15, 0.2) is 0 Å². The Bertz CT molecular complexity index is 291. The van der Waals surface area contributed by atoms with E-state index in [-0.39, 0.29) is 11.9 Å². The van der Waals surface area contributed by atoms with Gasteiger partial charge in [0.05, 0.1) is 6.04 Å². The SMILES string of the molecule is CCC1CN(C(C)C(=O)NC2CC2)CCC1NC. The van der Waals surface area contributed by atoms with Gasteiger partial charge in [0.1, 0.15) is 0 Å². The molecule has 2 N–H and O–H groups in total. The van der Waals surface area contributed by atoms with Crippen LogP contribution in [0, 0.1) is 5.92 Å². The summed E-state index contributed by atoms with van der Waals surface area (Å²) in [6, 6.07) is 1.11. The molecule has 2 aliphatic rings. The summed E-state index contributed by atoms with van der Waals surface area (Å²) in [5, 5.41) is 6.52. The monoisotopic (exact) mass is 253 g/mol. The third-order valence-corrected chi connectivity index (χ3v) is 4.51. The summed E-state index contributed by atoms with van der Waals surface area (Å²) in [6.07, 6.45) is 4.66. The Labute approximate surface area is 110 Å². The van der Waals surface area contributed by atoms with Gasteiger partial charge in [-0.05, 0) is 39.2 Å². The van der Waals surface area contributed by atoms with E-state index >= 15 is 0 Å². The van der Waals surface area contributed by atoms with Gasteiger partial charge in [0, 0.05) is 25.2 Å². The molecule has 0 aromatic heterocycles. The van der Waals surface area contributed by atoms with Crippen LogP contribution in [0.1, 0.15) is 39.5 Å². The third kappa shape index (κ3) is 3.23. The van der Waals surface area contributed by atoms with Gasteiger partial charge in [-0.2, -0.15) is 0 Å². The maximum absolute atomic E-state index is 12.1. The average molecular weight is 253 g/mol. The van der Waals surface area contributed by atoms with Crippen molar-refractivity contribution in [2.75, 3.05) is 20.1 Å².